The van der Waals surface area contributed by atoms with Crippen molar-refractivity contribution in [1.29, 1.82) is 0 Å². The van der Waals surface area contributed by atoms with Crippen LogP contribution in [0.3, 0.4) is 0 Å². The van der Waals surface area contributed by atoms with Crippen LogP contribution in [-0.4, -0.2) is 13.1 Å². The SMILES string of the molecule is Cc1cccc(N2CCCCC2)c1-c1ccccc1N. The number of rotatable bonds is 2. The van der Waals surface area contributed by atoms with Gasteiger partial charge in [0.25, 0.3) is 0 Å². The lowest BCUT2D eigenvalue weighted by atomic mass is 9.95. The molecule has 1 heterocycles. The monoisotopic (exact) mass is 266 g/mol. The predicted molar refractivity (Wildman–Crippen MR) is 87.1 cm³/mol. The fourth-order valence-corrected chi connectivity index (χ4v) is 3.13. The number of aryl methyl sites for hydroxylation is 1. The Hall–Kier alpha value is -1.96. The molecule has 1 fully saturated rings. The Labute approximate surface area is 121 Å². The van der Waals surface area contributed by atoms with Crippen LogP contribution in [0.1, 0.15) is 24.8 Å². The first-order chi connectivity index (χ1) is 9.77. The number of nitrogens with two attached hydrogens (primary N) is 1. The van der Waals surface area contributed by atoms with Crippen molar-refractivity contribution >= 4 is 11.4 Å². The van der Waals surface area contributed by atoms with Crippen LogP contribution in [0.25, 0.3) is 11.1 Å². The second-order valence-electron chi connectivity index (χ2n) is 5.60. The van der Waals surface area contributed by atoms with Crippen molar-refractivity contribution < 1.29 is 0 Å². The third-order valence-electron chi connectivity index (χ3n) is 4.18. The number of hydrogen-bond acceptors (Lipinski definition) is 2. The summed E-state index contributed by atoms with van der Waals surface area (Å²) in [5, 5.41) is 0. The summed E-state index contributed by atoms with van der Waals surface area (Å²) in [6.07, 6.45) is 3.93. The first-order valence-corrected chi connectivity index (χ1v) is 7.47. The van der Waals surface area contributed by atoms with Gasteiger partial charge in [0.2, 0.25) is 0 Å². The van der Waals surface area contributed by atoms with E-state index in [-0.39, 0.29) is 0 Å². The summed E-state index contributed by atoms with van der Waals surface area (Å²) in [7, 11) is 0. The van der Waals surface area contributed by atoms with E-state index in [4.69, 9.17) is 5.73 Å². The molecule has 3 rings (SSSR count). The number of para-hydroxylation sites is 1. The maximum Gasteiger partial charge on any atom is 0.0449 e. The van der Waals surface area contributed by atoms with Crippen molar-refractivity contribution in [2.24, 2.45) is 0 Å². The molecule has 0 bridgehead atoms. The highest BCUT2D eigenvalue weighted by Gasteiger charge is 2.17. The van der Waals surface area contributed by atoms with Crippen molar-refractivity contribution in [2.45, 2.75) is 26.2 Å². The van der Waals surface area contributed by atoms with Crippen molar-refractivity contribution in [3.8, 4) is 11.1 Å². The molecule has 0 aliphatic carbocycles. The lowest BCUT2D eigenvalue weighted by Crippen LogP contribution is -2.30. The highest BCUT2D eigenvalue weighted by atomic mass is 15.1. The molecule has 1 aliphatic rings. The molecule has 0 atom stereocenters. The second kappa shape index (κ2) is 5.58. The van der Waals surface area contributed by atoms with Crippen molar-refractivity contribution in [1.82, 2.24) is 0 Å². The quantitative estimate of drug-likeness (QED) is 0.824. The Morgan fingerprint density at radius 3 is 2.40 bits per heavy atom. The highest BCUT2D eigenvalue weighted by molar-refractivity contribution is 5.87. The maximum absolute atomic E-state index is 6.20. The van der Waals surface area contributed by atoms with Gasteiger partial charge in [-0.1, -0.05) is 30.3 Å². The molecule has 2 N–H and O–H groups in total. The minimum atomic E-state index is 0.861. The highest BCUT2D eigenvalue weighted by Crippen LogP contribution is 2.37. The Morgan fingerprint density at radius 1 is 0.900 bits per heavy atom. The van der Waals surface area contributed by atoms with E-state index in [2.05, 4.69) is 42.2 Å². The fourth-order valence-electron chi connectivity index (χ4n) is 3.13. The van der Waals surface area contributed by atoms with Gasteiger partial charge in [-0.15, -0.1) is 0 Å². The van der Waals surface area contributed by atoms with Crippen LogP contribution in [0.15, 0.2) is 42.5 Å². The molecule has 0 unspecified atom stereocenters. The normalized spacial score (nSPS) is 15.3. The zero-order chi connectivity index (χ0) is 13.9. The molecule has 2 nitrogen and oxygen atoms in total. The van der Waals surface area contributed by atoms with Gasteiger partial charge in [0.15, 0.2) is 0 Å². The van der Waals surface area contributed by atoms with E-state index in [9.17, 15) is 0 Å². The maximum atomic E-state index is 6.20. The van der Waals surface area contributed by atoms with Crippen molar-refractivity contribution in [3.63, 3.8) is 0 Å². The van der Waals surface area contributed by atoms with Gasteiger partial charge in [-0.2, -0.15) is 0 Å². The summed E-state index contributed by atoms with van der Waals surface area (Å²) in [4.78, 5) is 2.51. The van der Waals surface area contributed by atoms with Crippen LogP contribution in [0, 0.1) is 6.92 Å². The van der Waals surface area contributed by atoms with Gasteiger partial charge in [0, 0.05) is 35.6 Å². The molecular formula is C18H22N2. The Bertz CT molecular complexity index is 598. The van der Waals surface area contributed by atoms with Gasteiger partial charge in [-0.05, 0) is 43.9 Å². The van der Waals surface area contributed by atoms with Crippen LogP contribution in [0.4, 0.5) is 11.4 Å². The topological polar surface area (TPSA) is 29.3 Å². The zero-order valence-electron chi connectivity index (χ0n) is 12.1. The van der Waals surface area contributed by atoms with E-state index in [1.165, 1.54) is 36.1 Å². The molecular weight excluding hydrogens is 244 g/mol. The second-order valence-corrected chi connectivity index (χ2v) is 5.60. The van der Waals surface area contributed by atoms with E-state index in [1.54, 1.807) is 0 Å². The number of hydrogen-bond donors (Lipinski definition) is 1. The molecule has 0 saturated carbocycles. The first kappa shape index (κ1) is 13.0. The molecule has 2 heteroatoms. The van der Waals surface area contributed by atoms with Crippen LogP contribution < -0.4 is 10.6 Å². The van der Waals surface area contributed by atoms with Gasteiger partial charge in [-0.25, -0.2) is 0 Å². The first-order valence-electron chi connectivity index (χ1n) is 7.47. The summed E-state index contributed by atoms with van der Waals surface area (Å²) in [6.45, 7) is 4.49. The average molecular weight is 266 g/mol. The number of anilines is 2. The lowest BCUT2D eigenvalue weighted by Gasteiger charge is -2.31. The standard InChI is InChI=1S/C18H22N2/c1-14-8-7-11-17(20-12-5-2-6-13-20)18(14)15-9-3-4-10-16(15)19/h3-4,7-11H,2,5-6,12-13,19H2,1H3. The molecule has 20 heavy (non-hydrogen) atoms. The minimum absolute atomic E-state index is 0.861. The van der Waals surface area contributed by atoms with Crippen molar-refractivity contribution in [2.75, 3.05) is 23.7 Å². The van der Waals surface area contributed by atoms with Gasteiger partial charge >= 0.3 is 0 Å². The number of nitrogen functional groups attached to an aromatic ring is 1. The van der Waals surface area contributed by atoms with E-state index in [0.29, 0.717) is 0 Å². The molecule has 2 aromatic carbocycles. The van der Waals surface area contributed by atoms with Crippen LogP contribution in [0.5, 0.6) is 0 Å². The minimum Gasteiger partial charge on any atom is -0.398 e. The summed E-state index contributed by atoms with van der Waals surface area (Å²) in [5.74, 6) is 0. The van der Waals surface area contributed by atoms with E-state index < -0.39 is 0 Å². The van der Waals surface area contributed by atoms with E-state index >= 15 is 0 Å². The smallest absolute Gasteiger partial charge is 0.0449 e. The largest absolute Gasteiger partial charge is 0.398 e. The van der Waals surface area contributed by atoms with Crippen LogP contribution >= 0.6 is 0 Å². The molecule has 104 valence electrons. The number of nitrogens with zero attached hydrogens (tertiary/aromatic N) is 1. The van der Waals surface area contributed by atoms with Crippen LogP contribution in [0.2, 0.25) is 0 Å². The Kier molecular flexibility index (Phi) is 3.64. The zero-order valence-corrected chi connectivity index (χ0v) is 12.1. The number of benzene rings is 2. The summed E-state index contributed by atoms with van der Waals surface area (Å²) >= 11 is 0. The Morgan fingerprint density at radius 2 is 1.65 bits per heavy atom. The summed E-state index contributed by atoms with van der Waals surface area (Å²) in [6, 6.07) is 14.7. The molecule has 0 radical (unpaired) electrons. The molecule has 0 aromatic heterocycles. The predicted octanol–water partition coefficient (Wildman–Crippen LogP) is 4.23. The van der Waals surface area contributed by atoms with Crippen LogP contribution in [-0.2, 0) is 0 Å². The molecule has 0 amide bonds. The molecule has 1 aliphatic heterocycles. The Balaban J connectivity index is 2.12. The third kappa shape index (κ3) is 2.38. The van der Waals surface area contributed by atoms with Crippen molar-refractivity contribution in [3.05, 3.63) is 48.0 Å². The molecule has 1 saturated heterocycles. The average Bonchev–Trinajstić information content (AvgIpc) is 2.49. The summed E-state index contributed by atoms with van der Waals surface area (Å²) < 4.78 is 0. The van der Waals surface area contributed by atoms with Gasteiger partial charge < -0.3 is 10.6 Å². The lowest BCUT2D eigenvalue weighted by molar-refractivity contribution is 0.578. The van der Waals surface area contributed by atoms with Gasteiger partial charge in [0.1, 0.15) is 0 Å². The molecule has 0 spiro atoms. The third-order valence-corrected chi connectivity index (χ3v) is 4.18. The van der Waals surface area contributed by atoms with E-state index in [1.807, 2.05) is 12.1 Å². The van der Waals surface area contributed by atoms with Gasteiger partial charge in [-0.3, -0.25) is 0 Å². The van der Waals surface area contributed by atoms with Gasteiger partial charge in [0.05, 0.1) is 0 Å². The fraction of sp³-hybridized carbons (Fsp3) is 0.333. The van der Waals surface area contributed by atoms with E-state index in [0.717, 1.165) is 24.3 Å². The summed E-state index contributed by atoms with van der Waals surface area (Å²) in [5.41, 5.74) is 12.2. The number of piperidine rings is 1. The molecule has 2 aromatic rings.